The normalized spacial score (nSPS) is 22.6. The number of hydrogen-bond acceptors (Lipinski definition) is 12. The zero-order valence-corrected chi connectivity index (χ0v) is 37.9. The van der Waals surface area contributed by atoms with E-state index in [2.05, 4.69) is 16.4 Å². The van der Waals surface area contributed by atoms with Crippen molar-refractivity contribution < 1.29 is 46.7 Å². The van der Waals surface area contributed by atoms with Crippen LogP contribution < -0.4 is 15.4 Å². The maximum atomic E-state index is 16.5. The lowest BCUT2D eigenvalue weighted by Gasteiger charge is -2.36. The number of likely N-dealkylation sites (tertiary alicyclic amines) is 1. The largest absolute Gasteiger partial charge is 0.453 e. The molecule has 4 aromatic rings. The Morgan fingerprint density at radius 1 is 1.03 bits per heavy atom. The molecule has 3 aliphatic rings. The fourth-order valence-corrected chi connectivity index (χ4v) is 11.9. The van der Waals surface area contributed by atoms with Gasteiger partial charge in [0.25, 0.3) is 5.91 Å². The number of nitriles is 1. The molecule has 3 N–H and O–H groups in total. The zero-order valence-electron chi connectivity index (χ0n) is 35.4. The number of H-pyrrole nitrogens is 1. The van der Waals surface area contributed by atoms with Crippen molar-refractivity contribution in [2.75, 3.05) is 38.6 Å². The number of thioether (sulfide) groups is 1. The summed E-state index contributed by atoms with van der Waals surface area (Å²) in [5.41, 5.74) is -5.55. The van der Waals surface area contributed by atoms with Crippen molar-refractivity contribution in [2.45, 2.75) is 76.0 Å². The Hall–Kier alpha value is -4.92. The lowest BCUT2D eigenvalue weighted by molar-refractivity contribution is -0.148. The average molecular weight is 938 g/mol. The summed E-state index contributed by atoms with van der Waals surface area (Å²) in [5.74, 6) is -2.70. The molecule has 2 aromatic heterocycles. The van der Waals surface area contributed by atoms with Gasteiger partial charge in [-0.15, -0.1) is 11.3 Å². The molecule has 0 radical (unpaired) electrons. The van der Waals surface area contributed by atoms with Crippen LogP contribution in [0.4, 0.5) is 8.78 Å². The fraction of sp³-hybridized carbons (Fsp3) is 0.467. The Morgan fingerprint density at radius 2 is 1.80 bits per heavy atom. The Kier molecular flexibility index (Phi) is 14.5. The zero-order chi connectivity index (χ0) is 45.8. The molecule has 0 saturated carbocycles. The maximum Gasteiger partial charge on any atom is 0.453 e. The van der Waals surface area contributed by atoms with E-state index in [1.54, 1.807) is 21.9 Å². The summed E-state index contributed by atoms with van der Waals surface area (Å²) in [6, 6.07) is 17.1. The van der Waals surface area contributed by atoms with Gasteiger partial charge >= 0.3 is 13.3 Å². The van der Waals surface area contributed by atoms with Gasteiger partial charge < -0.3 is 29.7 Å². The number of nitrogens with one attached hydrogen (secondary N) is 2. The van der Waals surface area contributed by atoms with Crippen LogP contribution >= 0.6 is 30.7 Å². The van der Waals surface area contributed by atoms with E-state index in [-0.39, 0.29) is 70.7 Å². The van der Waals surface area contributed by atoms with E-state index < -0.39 is 66.4 Å². The van der Waals surface area contributed by atoms with E-state index in [9.17, 15) is 38.9 Å². The molecule has 0 spiro atoms. The Bertz CT molecular complexity index is 2530. The van der Waals surface area contributed by atoms with Crippen LogP contribution in [0.25, 0.3) is 10.1 Å². The SMILES string of the molecule is CC(C)(CO)C(=O)SCCOP(=O)(Oc1ccccc1)C(F)(F)c1ccc2sc(C(=O)NCC3CCCC[C@H]4CC[C@@H](C(=O)N5C[C@@H](C#N)[C@H](c6cc[nH]c(=O)c6)C5)N4C3=O)cc2c1. The minimum absolute atomic E-state index is 0.0110. The van der Waals surface area contributed by atoms with E-state index in [1.165, 1.54) is 62.5 Å². The van der Waals surface area contributed by atoms with Crippen molar-refractivity contribution in [3.05, 3.63) is 99.3 Å². The van der Waals surface area contributed by atoms with Crippen molar-refractivity contribution >= 4 is 63.6 Å². The van der Waals surface area contributed by atoms with Gasteiger partial charge in [-0.25, -0.2) is 4.57 Å². The molecule has 14 nitrogen and oxygen atoms in total. The van der Waals surface area contributed by atoms with E-state index in [1.807, 2.05) is 0 Å². The molecular weight excluding hydrogens is 888 g/mol. The standard InChI is InChI=1S/C45H50F2N5O9PS2/c1-44(2,27-53)43(58)63-19-18-60-62(59,61-34-10-4-3-5-11-34)45(46,47)32-12-15-37-30(20-32)21-38(64-37)40(55)50-24-29-8-6-7-9-33-13-14-36(52(33)41(29)56)42(57)51-25-31(23-48)35(26-51)28-16-17-49-39(54)22-28/h3-5,10-12,15-17,20-22,29,31,33,35-36,53H,6-9,13-14,18-19,24-27H2,1-2H3,(H,49,54)(H,50,55)/t29?,31-,33+,35+,36+,62?/m1/s1. The number of aliphatic hydroxyl groups is 1. The summed E-state index contributed by atoms with van der Waals surface area (Å²) in [6.45, 7) is 2.56. The fourth-order valence-electron chi connectivity index (χ4n) is 8.53. The van der Waals surface area contributed by atoms with Crippen LogP contribution in [-0.4, -0.2) is 93.4 Å². The lowest BCUT2D eigenvalue weighted by atomic mass is 9.91. The van der Waals surface area contributed by atoms with Gasteiger partial charge in [-0.05, 0) is 86.9 Å². The number of nitrogens with zero attached hydrogens (tertiary/aromatic N) is 3. The minimum Gasteiger partial charge on any atom is -0.420 e. The molecular formula is C45H50F2N5O9PS2. The van der Waals surface area contributed by atoms with Crippen molar-refractivity contribution in [1.82, 2.24) is 20.1 Å². The Morgan fingerprint density at radius 3 is 2.53 bits per heavy atom. The Balaban J connectivity index is 1.03. The maximum absolute atomic E-state index is 16.5. The second-order valence-corrected chi connectivity index (χ2v) is 21.2. The number of rotatable bonds is 15. The number of benzene rings is 2. The molecule has 2 aromatic carbocycles. The highest BCUT2D eigenvalue weighted by Crippen LogP contribution is 2.66. The lowest BCUT2D eigenvalue weighted by Crippen LogP contribution is -2.53. The third-order valence-electron chi connectivity index (χ3n) is 12.2. The van der Waals surface area contributed by atoms with Crippen molar-refractivity contribution in [1.29, 1.82) is 5.26 Å². The highest BCUT2D eigenvalue weighted by atomic mass is 32.2. The highest BCUT2D eigenvalue weighted by Gasteiger charge is 2.57. The van der Waals surface area contributed by atoms with Gasteiger partial charge in [-0.3, -0.25) is 28.5 Å². The average Bonchev–Trinajstić information content (AvgIpc) is 4.03. The number of aliphatic hydroxyl groups excluding tert-OH is 1. The Labute approximate surface area is 377 Å². The molecule has 3 saturated heterocycles. The third kappa shape index (κ3) is 9.99. The second kappa shape index (κ2) is 19.7. The smallest absolute Gasteiger partial charge is 0.420 e. The monoisotopic (exact) mass is 937 g/mol. The first-order valence-corrected chi connectivity index (χ1v) is 24.6. The molecule has 5 heterocycles. The van der Waals surface area contributed by atoms with Gasteiger partial charge in [0, 0.05) is 59.9 Å². The van der Waals surface area contributed by atoms with Crippen LogP contribution in [0.2, 0.25) is 0 Å². The van der Waals surface area contributed by atoms with Gasteiger partial charge in [0.1, 0.15) is 11.8 Å². The van der Waals surface area contributed by atoms with Gasteiger partial charge in [0.2, 0.25) is 17.4 Å². The number of thiophene rings is 1. The van der Waals surface area contributed by atoms with Gasteiger partial charge in [-0.2, -0.15) is 14.0 Å². The van der Waals surface area contributed by atoms with Crippen LogP contribution in [0, 0.1) is 28.6 Å². The molecule has 3 aliphatic heterocycles. The van der Waals surface area contributed by atoms with Crippen LogP contribution in [0.1, 0.15) is 79.1 Å². The first-order valence-electron chi connectivity index (χ1n) is 21.2. The summed E-state index contributed by atoms with van der Waals surface area (Å²) in [4.78, 5) is 72.7. The predicted octanol–water partition coefficient (Wildman–Crippen LogP) is 7.25. The third-order valence-corrected chi connectivity index (χ3v) is 16.4. The number of alkyl halides is 2. The number of pyridine rings is 1. The molecule has 19 heteroatoms. The number of para-hydroxylation sites is 1. The first-order chi connectivity index (χ1) is 30.5. The molecule has 0 aliphatic carbocycles. The number of fused-ring (bicyclic) bond motifs is 2. The van der Waals surface area contributed by atoms with Crippen LogP contribution in [0.3, 0.4) is 0 Å². The van der Waals surface area contributed by atoms with E-state index in [4.69, 9.17) is 9.05 Å². The summed E-state index contributed by atoms with van der Waals surface area (Å²) in [5, 5.41) is 22.2. The topological polar surface area (TPSA) is 199 Å². The second-order valence-electron chi connectivity index (χ2n) is 17.1. The molecule has 7 rings (SSSR count). The molecule has 3 fully saturated rings. The van der Waals surface area contributed by atoms with Crippen molar-refractivity contribution in [3.63, 3.8) is 0 Å². The van der Waals surface area contributed by atoms with Gasteiger partial charge in [0.05, 0.1) is 41.4 Å². The summed E-state index contributed by atoms with van der Waals surface area (Å²) in [7, 11) is -5.32. The van der Waals surface area contributed by atoms with Crippen LogP contribution in [0.15, 0.2) is 77.7 Å². The molecule has 0 bridgehead atoms. The molecule has 64 heavy (non-hydrogen) atoms. The summed E-state index contributed by atoms with van der Waals surface area (Å²) < 4.78 is 58.2. The first kappa shape index (κ1) is 47.1. The summed E-state index contributed by atoms with van der Waals surface area (Å²) in [6.07, 6.45) is 5.48. The van der Waals surface area contributed by atoms with Crippen LogP contribution in [-0.2, 0) is 29.1 Å². The number of carbonyl (C=O) groups excluding carboxylic acids is 4. The number of carbonyl (C=O) groups is 4. The van der Waals surface area contributed by atoms with Crippen molar-refractivity contribution in [2.24, 2.45) is 17.3 Å². The van der Waals surface area contributed by atoms with Gasteiger partial charge in [0.15, 0.2) is 5.12 Å². The number of aromatic nitrogens is 1. The quantitative estimate of drug-likeness (QED) is 0.0802. The van der Waals surface area contributed by atoms with Gasteiger partial charge in [-0.1, -0.05) is 48.9 Å². The number of amides is 3. The van der Waals surface area contributed by atoms with E-state index in [0.29, 0.717) is 29.5 Å². The number of halogens is 2. The van der Waals surface area contributed by atoms with Crippen LogP contribution in [0.5, 0.6) is 5.75 Å². The van der Waals surface area contributed by atoms with Crippen molar-refractivity contribution in [3.8, 4) is 11.8 Å². The molecule has 3 amide bonds. The molecule has 6 atom stereocenters. The summed E-state index contributed by atoms with van der Waals surface area (Å²) >= 11 is 1.82. The van der Waals surface area contributed by atoms with E-state index in [0.717, 1.165) is 54.5 Å². The molecule has 340 valence electrons. The number of hydrogen-bond donors (Lipinski definition) is 3. The molecule has 2 unspecified atom stereocenters. The minimum atomic E-state index is -5.32. The number of aromatic amines is 1. The van der Waals surface area contributed by atoms with E-state index >= 15 is 8.78 Å². The predicted molar refractivity (Wildman–Crippen MR) is 238 cm³/mol. The highest BCUT2D eigenvalue weighted by molar-refractivity contribution is 8.13.